The lowest BCUT2D eigenvalue weighted by Gasteiger charge is -2.09. The van der Waals surface area contributed by atoms with E-state index < -0.39 is 5.82 Å². The number of rotatable bonds is 2. The predicted octanol–water partition coefficient (Wildman–Crippen LogP) is 3.20. The smallest absolute Gasteiger partial charge is 0.205 e. The largest absolute Gasteiger partial charge is 0.494 e. The maximum atomic E-state index is 13.8. The number of hydrogen-bond donors (Lipinski definition) is 1. The molecule has 0 unspecified atom stereocenters. The summed E-state index contributed by atoms with van der Waals surface area (Å²) in [4.78, 5) is 4.10. The highest BCUT2D eigenvalue weighted by Gasteiger charge is 2.15. The van der Waals surface area contributed by atoms with E-state index in [4.69, 9.17) is 10.5 Å². The van der Waals surface area contributed by atoms with Crippen molar-refractivity contribution in [2.75, 3.05) is 12.8 Å². The van der Waals surface area contributed by atoms with Crippen LogP contribution in [-0.2, 0) is 0 Å². The summed E-state index contributed by atoms with van der Waals surface area (Å²) in [6.07, 6.45) is 0. The molecule has 0 saturated carbocycles. The van der Waals surface area contributed by atoms with Crippen molar-refractivity contribution in [3.63, 3.8) is 0 Å². The van der Waals surface area contributed by atoms with Crippen LogP contribution in [0, 0.1) is 18.6 Å². The van der Waals surface area contributed by atoms with Crippen molar-refractivity contribution >= 4 is 17.0 Å². The minimum atomic E-state index is -0.523. The van der Waals surface area contributed by atoms with Crippen LogP contribution in [0.25, 0.3) is 16.7 Å². The first kappa shape index (κ1) is 13.4. The van der Waals surface area contributed by atoms with E-state index in [9.17, 15) is 8.78 Å². The van der Waals surface area contributed by atoms with Crippen molar-refractivity contribution in [1.29, 1.82) is 0 Å². The molecule has 21 heavy (non-hydrogen) atoms. The minimum absolute atomic E-state index is 0.0798. The predicted molar refractivity (Wildman–Crippen MR) is 76.7 cm³/mol. The fraction of sp³-hybridized carbons (Fsp3) is 0.133. The number of anilines is 1. The van der Waals surface area contributed by atoms with E-state index in [-0.39, 0.29) is 17.5 Å². The summed E-state index contributed by atoms with van der Waals surface area (Å²) in [5.41, 5.74) is 7.87. The van der Waals surface area contributed by atoms with Gasteiger partial charge < -0.3 is 10.5 Å². The normalized spacial score (nSPS) is 11.0. The molecule has 2 N–H and O–H groups in total. The summed E-state index contributed by atoms with van der Waals surface area (Å²) >= 11 is 0. The van der Waals surface area contributed by atoms with Crippen LogP contribution in [0.1, 0.15) is 5.56 Å². The third-order valence-corrected chi connectivity index (χ3v) is 3.37. The molecule has 0 radical (unpaired) electrons. The maximum Gasteiger partial charge on any atom is 0.205 e. The van der Waals surface area contributed by atoms with Crippen molar-refractivity contribution in [3.8, 4) is 11.4 Å². The minimum Gasteiger partial charge on any atom is -0.494 e. The second kappa shape index (κ2) is 4.73. The second-order valence-electron chi connectivity index (χ2n) is 4.71. The molecule has 1 aromatic heterocycles. The topological polar surface area (TPSA) is 53.1 Å². The molecule has 0 atom stereocenters. The summed E-state index contributed by atoms with van der Waals surface area (Å²) in [5.74, 6) is -0.635. The fourth-order valence-corrected chi connectivity index (χ4v) is 2.25. The van der Waals surface area contributed by atoms with Gasteiger partial charge in [0.1, 0.15) is 5.82 Å². The van der Waals surface area contributed by atoms with Crippen LogP contribution in [0.3, 0.4) is 0 Å². The van der Waals surface area contributed by atoms with Crippen LogP contribution < -0.4 is 10.5 Å². The molecular weight excluding hydrogens is 276 g/mol. The van der Waals surface area contributed by atoms with Crippen LogP contribution in [0.15, 0.2) is 30.3 Å². The third kappa shape index (κ3) is 2.08. The summed E-state index contributed by atoms with van der Waals surface area (Å²) in [6, 6.07) is 7.47. The van der Waals surface area contributed by atoms with Gasteiger partial charge in [-0.1, -0.05) is 6.07 Å². The molecule has 0 aliphatic heterocycles. The number of aromatic nitrogens is 2. The van der Waals surface area contributed by atoms with E-state index in [1.54, 1.807) is 23.6 Å². The van der Waals surface area contributed by atoms with E-state index >= 15 is 0 Å². The summed E-state index contributed by atoms with van der Waals surface area (Å²) in [7, 11) is 1.37. The van der Waals surface area contributed by atoms with Gasteiger partial charge in [0.15, 0.2) is 11.6 Å². The molecule has 3 aromatic rings. The van der Waals surface area contributed by atoms with Crippen molar-refractivity contribution in [2.45, 2.75) is 6.92 Å². The van der Waals surface area contributed by atoms with Crippen LogP contribution in [-0.4, -0.2) is 16.7 Å². The number of nitrogens with zero attached hydrogens (tertiary/aromatic N) is 2. The molecule has 0 spiro atoms. The number of methoxy groups -OCH3 is 1. The highest BCUT2D eigenvalue weighted by molar-refractivity contribution is 5.82. The van der Waals surface area contributed by atoms with Crippen LogP contribution >= 0.6 is 0 Å². The number of ether oxygens (including phenoxy) is 1. The molecule has 0 fully saturated rings. The first-order valence-corrected chi connectivity index (χ1v) is 6.29. The highest BCUT2D eigenvalue weighted by atomic mass is 19.1. The summed E-state index contributed by atoms with van der Waals surface area (Å²) < 4.78 is 34.0. The fourth-order valence-electron chi connectivity index (χ4n) is 2.25. The van der Waals surface area contributed by atoms with Gasteiger partial charge in [-0.25, -0.2) is 13.8 Å². The Morgan fingerprint density at radius 3 is 2.57 bits per heavy atom. The lowest BCUT2D eigenvalue weighted by molar-refractivity contribution is 0.387. The Hall–Kier alpha value is -2.63. The molecule has 4 nitrogen and oxygen atoms in total. The number of hydrogen-bond acceptors (Lipinski definition) is 3. The molecule has 108 valence electrons. The lowest BCUT2D eigenvalue weighted by atomic mass is 10.2. The van der Waals surface area contributed by atoms with Gasteiger partial charge in [-0.15, -0.1) is 0 Å². The average molecular weight is 289 g/mol. The first-order chi connectivity index (χ1) is 10.0. The zero-order valence-electron chi connectivity index (χ0n) is 11.5. The van der Waals surface area contributed by atoms with Gasteiger partial charge in [0.2, 0.25) is 5.95 Å². The Morgan fingerprint density at radius 1 is 1.14 bits per heavy atom. The van der Waals surface area contributed by atoms with Crippen LogP contribution in [0.5, 0.6) is 5.75 Å². The monoisotopic (exact) mass is 289 g/mol. The van der Waals surface area contributed by atoms with Crippen LogP contribution in [0.2, 0.25) is 0 Å². The number of aryl methyl sites for hydroxylation is 1. The van der Waals surface area contributed by atoms with Crippen molar-refractivity contribution < 1.29 is 13.5 Å². The zero-order chi connectivity index (χ0) is 15.1. The SMILES string of the molecule is COc1cc2c(cc1F)nc(N)n2-c1ccc(C)c(F)c1. The van der Waals surface area contributed by atoms with Gasteiger partial charge in [-0.3, -0.25) is 4.57 Å². The molecule has 3 rings (SSSR count). The van der Waals surface area contributed by atoms with Gasteiger partial charge in [0.05, 0.1) is 23.8 Å². The van der Waals surface area contributed by atoms with Gasteiger partial charge in [-0.2, -0.15) is 0 Å². The maximum absolute atomic E-state index is 13.8. The molecule has 2 aromatic carbocycles. The lowest BCUT2D eigenvalue weighted by Crippen LogP contribution is -2.01. The van der Waals surface area contributed by atoms with Gasteiger partial charge in [-0.05, 0) is 24.6 Å². The van der Waals surface area contributed by atoms with E-state index in [2.05, 4.69) is 4.98 Å². The summed E-state index contributed by atoms with van der Waals surface area (Å²) in [6.45, 7) is 1.67. The number of benzene rings is 2. The Bertz CT molecular complexity index is 843. The zero-order valence-corrected chi connectivity index (χ0v) is 11.5. The molecular formula is C15H13F2N3O. The van der Waals surface area contributed by atoms with Gasteiger partial charge in [0.25, 0.3) is 0 Å². The Kier molecular flexibility index (Phi) is 3.01. The molecule has 0 aliphatic carbocycles. The van der Waals surface area contributed by atoms with E-state index in [1.807, 2.05) is 0 Å². The van der Waals surface area contributed by atoms with Crippen molar-refractivity contribution in [2.24, 2.45) is 0 Å². The number of halogens is 2. The van der Waals surface area contributed by atoms with Crippen molar-refractivity contribution in [1.82, 2.24) is 9.55 Å². The molecule has 0 amide bonds. The number of nitrogens with two attached hydrogens (primary N) is 1. The van der Waals surface area contributed by atoms with Gasteiger partial charge in [0, 0.05) is 12.1 Å². The highest BCUT2D eigenvalue weighted by Crippen LogP contribution is 2.29. The quantitative estimate of drug-likeness (QED) is 0.788. The van der Waals surface area contributed by atoms with Crippen LogP contribution in [0.4, 0.5) is 14.7 Å². The Labute approximate surface area is 119 Å². The van der Waals surface area contributed by atoms with E-state index in [0.717, 1.165) is 0 Å². The van der Waals surface area contributed by atoms with E-state index in [0.29, 0.717) is 22.3 Å². The number of imidazole rings is 1. The second-order valence-corrected chi connectivity index (χ2v) is 4.71. The number of fused-ring (bicyclic) bond motifs is 1. The first-order valence-electron chi connectivity index (χ1n) is 6.29. The third-order valence-electron chi connectivity index (χ3n) is 3.37. The summed E-state index contributed by atoms with van der Waals surface area (Å²) in [5, 5.41) is 0. The Morgan fingerprint density at radius 2 is 1.90 bits per heavy atom. The molecule has 0 aliphatic rings. The molecule has 6 heteroatoms. The average Bonchev–Trinajstić information content (AvgIpc) is 2.76. The molecule has 0 bridgehead atoms. The number of nitrogen functional groups attached to an aromatic ring is 1. The molecule has 0 saturated heterocycles. The Balaban J connectivity index is 2.30. The van der Waals surface area contributed by atoms with Crippen molar-refractivity contribution in [3.05, 3.63) is 47.5 Å². The molecule has 1 heterocycles. The standard InChI is InChI=1S/C15H13F2N3O/c1-8-3-4-9(5-10(8)16)20-13-7-14(21-2)11(17)6-12(13)19-15(20)18/h3-7H,1-2H3,(H2,18,19). The van der Waals surface area contributed by atoms with Gasteiger partial charge >= 0.3 is 0 Å². The van der Waals surface area contributed by atoms with E-state index in [1.165, 1.54) is 25.3 Å².